The lowest BCUT2D eigenvalue weighted by atomic mass is 9.97. The molecule has 19 heavy (non-hydrogen) atoms. The Hall–Kier alpha value is -0.540. The topological polar surface area (TPSA) is 45.1 Å². The fraction of sp³-hybridized carbons (Fsp3) is 0.900. The molecule has 110 valence electrons. The van der Waals surface area contributed by atoms with Crippen molar-refractivity contribution in [2.45, 2.75) is 42.5 Å². The highest BCUT2D eigenvalue weighted by atomic mass is 32.2. The first-order valence-corrected chi connectivity index (χ1v) is 6.53. The Labute approximate surface area is 111 Å². The molecule has 5 atom stereocenters. The molecular formula is C10H14F4N2O2S. The summed E-state index contributed by atoms with van der Waals surface area (Å²) in [4.78, 5) is 5.67. The van der Waals surface area contributed by atoms with Crippen molar-refractivity contribution in [3.8, 4) is 0 Å². The monoisotopic (exact) mass is 302 g/mol. The molecule has 0 bridgehead atoms. The second kappa shape index (κ2) is 5.10. The molecule has 9 heteroatoms. The number of nitrogens with zero attached hydrogens (tertiary/aromatic N) is 2. The van der Waals surface area contributed by atoms with Gasteiger partial charge in [-0.2, -0.15) is 13.2 Å². The molecule has 1 saturated heterocycles. The lowest BCUT2D eigenvalue weighted by Crippen LogP contribution is -2.53. The maximum absolute atomic E-state index is 14.0. The zero-order valence-corrected chi connectivity index (χ0v) is 11.1. The van der Waals surface area contributed by atoms with E-state index < -0.39 is 42.5 Å². The standard InChI is InChI=1S/C10H14F4N2O2S/c1-16(2)9-15-6-5(11)7(17)4(3-10(12,13)14)18-8(6)19-9/h4-8,17H,3H2,1-2H3/t4-,5-,6-,7-,8-/m1/s1. The number of aliphatic hydroxyl groups excluding tert-OH is 1. The third-order valence-corrected chi connectivity index (χ3v) is 4.22. The number of ether oxygens (including phenoxy) is 1. The van der Waals surface area contributed by atoms with E-state index in [2.05, 4.69) is 4.99 Å². The van der Waals surface area contributed by atoms with Gasteiger partial charge in [0.1, 0.15) is 17.6 Å². The molecule has 0 aromatic heterocycles. The van der Waals surface area contributed by atoms with E-state index in [1.54, 1.807) is 19.0 Å². The van der Waals surface area contributed by atoms with E-state index in [-0.39, 0.29) is 0 Å². The van der Waals surface area contributed by atoms with Gasteiger partial charge in [-0.05, 0) is 0 Å². The van der Waals surface area contributed by atoms with Crippen LogP contribution in [0.15, 0.2) is 4.99 Å². The van der Waals surface area contributed by atoms with E-state index in [1.807, 2.05) is 0 Å². The molecule has 0 aliphatic carbocycles. The number of halogens is 4. The molecule has 1 N–H and O–H groups in total. The molecule has 2 aliphatic heterocycles. The number of rotatable bonds is 1. The third kappa shape index (κ3) is 3.14. The number of alkyl halides is 4. The minimum Gasteiger partial charge on any atom is -0.387 e. The lowest BCUT2D eigenvalue weighted by molar-refractivity contribution is -0.201. The predicted octanol–water partition coefficient (Wildman–Crippen LogP) is 1.40. The van der Waals surface area contributed by atoms with Crippen molar-refractivity contribution in [3.63, 3.8) is 0 Å². The van der Waals surface area contributed by atoms with E-state index in [9.17, 15) is 22.7 Å². The zero-order chi connectivity index (χ0) is 14.4. The van der Waals surface area contributed by atoms with E-state index in [1.165, 1.54) is 0 Å². The van der Waals surface area contributed by atoms with E-state index in [4.69, 9.17) is 4.74 Å². The van der Waals surface area contributed by atoms with Crippen molar-refractivity contribution in [3.05, 3.63) is 0 Å². The van der Waals surface area contributed by atoms with E-state index >= 15 is 0 Å². The zero-order valence-electron chi connectivity index (χ0n) is 10.3. The number of aliphatic imine (C=N–C) groups is 1. The Bertz CT molecular complexity index is 377. The largest absolute Gasteiger partial charge is 0.391 e. The normalized spacial score (nSPS) is 38.9. The molecule has 2 aliphatic rings. The van der Waals surface area contributed by atoms with Crippen molar-refractivity contribution >= 4 is 16.9 Å². The fourth-order valence-electron chi connectivity index (χ4n) is 2.00. The quantitative estimate of drug-likeness (QED) is 0.744. The molecule has 2 rings (SSSR count). The maximum atomic E-state index is 14.0. The van der Waals surface area contributed by atoms with Gasteiger partial charge in [-0.3, -0.25) is 4.99 Å². The van der Waals surface area contributed by atoms with Crippen LogP contribution in [0.25, 0.3) is 0 Å². The maximum Gasteiger partial charge on any atom is 0.391 e. The number of aliphatic hydroxyl groups is 1. The summed E-state index contributed by atoms with van der Waals surface area (Å²) in [6.07, 6.45) is -11.1. The molecule has 4 nitrogen and oxygen atoms in total. The smallest absolute Gasteiger partial charge is 0.387 e. The first kappa shape index (κ1) is 14.9. The molecular weight excluding hydrogens is 288 g/mol. The number of amidine groups is 1. The first-order chi connectivity index (χ1) is 8.69. The number of hydrogen-bond acceptors (Lipinski definition) is 5. The molecule has 0 aromatic carbocycles. The van der Waals surface area contributed by atoms with Crippen molar-refractivity contribution in [2.75, 3.05) is 14.1 Å². The molecule has 0 amide bonds. The molecule has 1 fully saturated rings. The molecule has 0 aromatic rings. The number of hydrogen-bond donors (Lipinski definition) is 1. The minimum absolute atomic E-state index is 0.484. The number of fused-ring (bicyclic) bond motifs is 1. The van der Waals surface area contributed by atoms with Crippen LogP contribution in [0.3, 0.4) is 0 Å². The van der Waals surface area contributed by atoms with Gasteiger partial charge < -0.3 is 14.7 Å². The summed E-state index contributed by atoms with van der Waals surface area (Å²) in [7, 11) is 3.39. The van der Waals surface area contributed by atoms with Crippen LogP contribution in [0, 0.1) is 0 Å². The van der Waals surface area contributed by atoms with Gasteiger partial charge in [-0.15, -0.1) is 0 Å². The molecule has 0 spiro atoms. The summed E-state index contributed by atoms with van der Waals surface area (Å²) < 4.78 is 56.1. The average molecular weight is 302 g/mol. The van der Waals surface area contributed by atoms with Crippen molar-refractivity contribution in [1.82, 2.24) is 4.90 Å². The first-order valence-electron chi connectivity index (χ1n) is 5.65. The van der Waals surface area contributed by atoms with Crippen LogP contribution in [0.4, 0.5) is 17.6 Å². The van der Waals surface area contributed by atoms with Gasteiger partial charge in [-0.25, -0.2) is 4.39 Å². The average Bonchev–Trinajstić information content (AvgIpc) is 2.67. The Morgan fingerprint density at radius 1 is 1.42 bits per heavy atom. The Morgan fingerprint density at radius 2 is 2.05 bits per heavy atom. The minimum atomic E-state index is -4.51. The van der Waals surface area contributed by atoms with Crippen molar-refractivity contribution in [2.24, 2.45) is 4.99 Å². The molecule has 0 radical (unpaired) electrons. The third-order valence-electron chi connectivity index (χ3n) is 2.92. The Balaban J connectivity index is 2.10. The highest BCUT2D eigenvalue weighted by Crippen LogP contribution is 2.40. The Morgan fingerprint density at radius 3 is 2.58 bits per heavy atom. The highest BCUT2D eigenvalue weighted by Gasteiger charge is 2.52. The summed E-state index contributed by atoms with van der Waals surface area (Å²) in [5.41, 5.74) is -0.817. The van der Waals surface area contributed by atoms with Crippen molar-refractivity contribution in [1.29, 1.82) is 0 Å². The van der Waals surface area contributed by atoms with Crippen LogP contribution in [0.2, 0.25) is 0 Å². The van der Waals surface area contributed by atoms with Crippen LogP contribution in [-0.4, -0.2) is 65.3 Å². The van der Waals surface area contributed by atoms with Crippen molar-refractivity contribution < 1.29 is 27.4 Å². The summed E-state index contributed by atoms with van der Waals surface area (Å²) in [6.45, 7) is 0. The van der Waals surface area contributed by atoms with Gasteiger partial charge in [0.15, 0.2) is 11.3 Å². The second-order valence-electron chi connectivity index (χ2n) is 4.71. The molecule has 2 heterocycles. The number of thioether (sulfide) groups is 1. The SMILES string of the molecule is CN(C)C1=N[C@@H]2[C@@H](F)[C@H](O)[C@@H](CC(F)(F)F)O[C@@H]2S1. The summed E-state index contributed by atoms with van der Waals surface area (Å²) >= 11 is 1.07. The summed E-state index contributed by atoms with van der Waals surface area (Å²) in [5.74, 6) is 0. The van der Waals surface area contributed by atoms with Gasteiger partial charge >= 0.3 is 6.18 Å². The van der Waals surface area contributed by atoms with Crippen LogP contribution in [-0.2, 0) is 4.74 Å². The van der Waals surface area contributed by atoms with Crippen LogP contribution in [0.1, 0.15) is 6.42 Å². The van der Waals surface area contributed by atoms with Crippen LogP contribution in [0.5, 0.6) is 0 Å². The summed E-state index contributed by atoms with van der Waals surface area (Å²) in [5, 5.41) is 10.1. The summed E-state index contributed by atoms with van der Waals surface area (Å²) in [6, 6.07) is -0.957. The lowest BCUT2D eigenvalue weighted by Gasteiger charge is -2.37. The Kier molecular flexibility index (Phi) is 3.99. The van der Waals surface area contributed by atoms with Gasteiger partial charge in [0.25, 0.3) is 0 Å². The van der Waals surface area contributed by atoms with Gasteiger partial charge in [0, 0.05) is 14.1 Å². The van der Waals surface area contributed by atoms with Gasteiger partial charge in [0.2, 0.25) is 0 Å². The van der Waals surface area contributed by atoms with Crippen LogP contribution < -0.4 is 0 Å². The van der Waals surface area contributed by atoms with Gasteiger partial charge in [-0.1, -0.05) is 11.8 Å². The fourth-order valence-corrected chi connectivity index (χ4v) is 3.15. The second-order valence-corrected chi connectivity index (χ2v) is 5.78. The molecule has 0 saturated carbocycles. The van der Waals surface area contributed by atoms with E-state index in [0.29, 0.717) is 5.17 Å². The van der Waals surface area contributed by atoms with E-state index in [0.717, 1.165) is 11.8 Å². The highest BCUT2D eigenvalue weighted by molar-refractivity contribution is 8.14. The van der Waals surface area contributed by atoms with Crippen LogP contribution >= 0.6 is 11.8 Å². The van der Waals surface area contributed by atoms with Gasteiger partial charge in [0.05, 0.1) is 12.5 Å². The molecule has 0 unspecified atom stereocenters. The predicted molar refractivity (Wildman–Crippen MR) is 62.7 cm³/mol.